The van der Waals surface area contributed by atoms with Gasteiger partial charge in [0.15, 0.2) is 0 Å². The largest absolute Gasteiger partial charge is 0.301 e. The van der Waals surface area contributed by atoms with Crippen LogP contribution in [0.4, 0.5) is 8.78 Å². The first-order valence-corrected chi connectivity index (χ1v) is 6.85. The van der Waals surface area contributed by atoms with E-state index >= 15 is 0 Å². The maximum atomic E-state index is 13.5. The highest BCUT2D eigenvalue weighted by Crippen LogP contribution is 2.39. The van der Waals surface area contributed by atoms with Crippen LogP contribution in [0.5, 0.6) is 0 Å². The first-order valence-electron chi connectivity index (χ1n) is 4.97. The van der Waals surface area contributed by atoms with E-state index in [1.165, 1.54) is 24.3 Å². The lowest BCUT2D eigenvalue weighted by Crippen LogP contribution is -2.33. The Labute approximate surface area is 102 Å². The predicted molar refractivity (Wildman–Crippen MR) is 62.7 cm³/mol. The molecule has 0 bridgehead atoms. The zero-order valence-electron chi connectivity index (χ0n) is 9.09. The molecule has 6 heteroatoms. The smallest absolute Gasteiger partial charge is 0.142 e. The van der Waals surface area contributed by atoms with Crippen molar-refractivity contribution >= 4 is 9.63 Å². The van der Waals surface area contributed by atoms with E-state index in [2.05, 4.69) is 0 Å². The molecule has 96 valence electrons. The van der Waals surface area contributed by atoms with E-state index in [-0.39, 0.29) is 0 Å². The van der Waals surface area contributed by atoms with Crippen molar-refractivity contribution < 1.29 is 22.1 Å². The summed E-state index contributed by atoms with van der Waals surface area (Å²) in [5.74, 6) is -2.16. The first-order chi connectivity index (χ1) is 8.31. The fourth-order valence-electron chi connectivity index (χ4n) is 1.60. The maximum Gasteiger partial charge on any atom is 0.142 e. The summed E-state index contributed by atoms with van der Waals surface area (Å²) in [4.78, 5) is -1.70. The van der Waals surface area contributed by atoms with Crippen LogP contribution in [0.15, 0.2) is 58.3 Å². The van der Waals surface area contributed by atoms with Crippen molar-refractivity contribution in [3.63, 3.8) is 0 Å². The molecule has 0 heterocycles. The average Bonchev–Trinajstić information content (AvgIpc) is 2.29. The van der Waals surface area contributed by atoms with Gasteiger partial charge in [0.05, 0.1) is 0 Å². The van der Waals surface area contributed by atoms with Crippen LogP contribution in [0.2, 0.25) is 0 Å². The van der Waals surface area contributed by atoms with Gasteiger partial charge >= 0.3 is 0 Å². The summed E-state index contributed by atoms with van der Waals surface area (Å²) < 4.78 is 59.2. The molecule has 0 spiro atoms. The lowest BCUT2D eigenvalue weighted by Gasteiger charge is -2.31. The van der Waals surface area contributed by atoms with E-state index < -0.39 is 31.1 Å². The average molecular weight is 272 g/mol. The van der Waals surface area contributed by atoms with E-state index in [0.717, 1.165) is 24.3 Å². The summed E-state index contributed by atoms with van der Waals surface area (Å²) in [6, 6.07) is 8.85. The molecule has 0 aliphatic carbocycles. The van der Waals surface area contributed by atoms with E-state index in [1.54, 1.807) is 0 Å². The standard InChI is InChI=1S/C12H10F2O3S/c13-9-5-1-3-7-11(9)18(15,16,17)12-8-4-2-6-10(12)14/h1-8H,(H2,15,16,17). The van der Waals surface area contributed by atoms with Gasteiger partial charge in [-0.1, -0.05) is 24.3 Å². The fraction of sp³-hybridized carbons (Fsp3) is 0. The third-order valence-electron chi connectivity index (χ3n) is 2.47. The molecule has 0 fully saturated rings. The maximum absolute atomic E-state index is 13.5. The van der Waals surface area contributed by atoms with Crippen LogP contribution >= 0.6 is 0 Å². The molecular weight excluding hydrogens is 262 g/mol. The third kappa shape index (κ3) is 1.94. The Balaban J connectivity index is 2.78. The van der Waals surface area contributed by atoms with Gasteiger partial charge in [-0.05, 0) is 24.3 Å². The van der Waals surface area contributed by atoms with E-state index in [9.17, 15) is 22.1 Å². The Morgan fingerprint density at radius 2 is 1.11 bits per heavy atom. The van der Waals surface area contributed by atoms with Crippen LogP contribution in [0.3, 0.4) is 0 Å². The molecular formula is C12H10F2O3S. The highest BCUT2D eigenvalue weighted by molar-refractivity contribution is 8.10. The minimum atomic E-state index is -5.75. The Morgan fingerprint density at radius 1 is 0.778 bits per heavy atom. The van der Waals surface area contributed by atoms with E-state index in [1.807, 2.05) is 0 Å². The molecule has 18 heavy (non-hydrogen) atoms. The number of hydrogen-bond acceptors (Lipinski definition) is 1. The van der Waals surface area contributed by atoms with Crippen molar-refractivity contribution in [2.75, 3.05) is 0 Å². The van der Waals surface area contributed by atoms with Gasteiger partial charge in [-0.3, -0.25) is 0 Å². The monoisotopic (exact) mass is 272 g/mol. The van der Waals surface area contributed by atoms with Crippen LogP contribution in [0, 0.1) is 11.6 Å². The normalized spacial score (nSPS) is 13.9. The Hall–Kier alpha value is -1.63. The van der Waals surface area contributed by atoms with Gasteiger partial charge in [0.2, 0.25) is 0 Å². The summed E-state index contributed by atoms with van der Waals surface area (Å²) in [6.07, 6.45) is 0. The molecule has 3 nitrogen and oxygen atoms in total. The number of rotatable bonds is 2. The highest BCUT2D eigenvalue weighted by atomic mass is 32.3. The molecule has 2 rings (SSSR count). The van der Waals surface area contributed by atoms with Crippen molar-refractivity contribution in [2.24, 2.45) is 0 Å². The summed E-state index contributed by atoms with van der Waals surface area (Å²) >= 11 is 0. The third-order valence-corrected chi connectivity index (χ3v) is 4.71. The van der Waals surface area contributed by atoms with Gasteiger partial charge in [-0.25, -0.2) is 13.0 Å². The minimum absolute atomic E-state index is 0.848. The van der Waals surface area contributed by atoms with Gasteiger partial charge in [0.25, 0.3) is 0 Å². The molecule has 0 saturated heterocycles. The lowest BCUT2D eigenvalue weighted by atomic mass is 10.3. The van der Waals surface area contributed by atoms with Crippen LogP contribution in [-0.2, 0) is 9.63 Å². The van der Waals surface area contributed by atoms with Crippen molar-refractivity contribution in [1.29, 1.82) is 0 Å². The molecule has 2 aromatic rings. The topological polar surface area (TPSA) is 57.5 Å². The molecule has 0 amide bonds. The van der Waals surface area contributed by atoms with Gasteiger partial charge < -0.3 is 9.11 Å². The van der Waals surface area contributed by atoms with Crippen LogP contribution in [0.1, 0.15) is 0 Å². The molecule has 0 saturated carbocycles. The van der Waals surface area contributed by atoms with Gasteiger partial charge in [0, 0.05) is 0 Å². The molecule has 0 aliphatic rings. The Morgan fingerprint density at radius 3 is 1.44 bits per heavy atom. The molecule has 0 radical (unpaired) electrons. The quantitative estimate of drug-likeness (QED) is 0.883. The minimum Gasteiger partial charge on any atom is -0.301 e. The summed E-state index contributed by atoms with van der Waals surface area (Å²) in [7, 11) is -5.75. The Bertz CT molecular complexity index is 612. The molecule has 0 aromatic heterocycles. The van der Waals surface area contributed by atoms with Crippen molar-refractivity contribution in [3.05, 3.63) is 60.2 Å². The number of hydrogen-bond donors (Lipinski definition) is 2. The van der Waals surface area contributed by atoms with Crippen LogP contribution in [-0.4, -0.2) is 13.3 Å². The van der Waals surface area contributed by atoms with Crippen molar-refractivity contribution in [1.82, 2.24) is 0 Å². The van der Waals surface area contributed by atoms with Gasteiger partial charge in [-0.2, -0.15) is 0 Å². The molecule has 0 atom stereocenters. The second-order valence-electron chi connectivity index (χ2n) is 3.73. The second kappa shape index (κ2) is 3.94. The number of benzene rings is 2. The summed E-state index contributed by atoms with van der Waals surface area (Å²) in [6.45, 7) is 0. The zero-order valence-corrected chi connectivity index (χ0v) is 9.90. The summed E-state index contributed by atoms with van der Waals surface area (Å²) in [5.41, 5.74) is 0. The molecule has 0 unspecified atom stereocenters. The Kier molecular flexibility index (Phi) is 2.81. The van der Waals surface area contributed by atoms with Gasteiger partial charge in [-0.15, -0.1) is 0 Å². The molecule has 0 aliphatic heterocycles. The molecule has 2 N–H and O–H groups in total. The van der Waals surface area contributed by atoms with E-state index in [0.29, 0.717) is 0 Å². The van der Waals surface area contributed by atoms with Crippen LogP contribution in [0.25, 0.3) is 0 Å². The number of halogens is 2. The summed E-state index contributed by atoms with van der Waals surface area (Å²) in [5, 5.41) is 0. The SMILES string of the molecule is O=S(O)(O)(c1ccccc1F)c1ccccc1F. The highest BCUT2D eigenvalue weighted by Gasteiger charge is 2.40. The molecule has 2 aromatic carbocycles. The van der Waals surface area contributed by atoms with Crippen molar-refractivity contribution in [2.45, 2.75) is 9.79 Å². The predicted octanol–water partition coefficient (Wildman–Crippen LogP) is 3.15. The fourth-order valence-corrected chi connectivity index (χ4v) is 3.33. The van der Waals surface area contributed by atoms with E-state index in [4.69, 9.17) is 0 Å². The second-order valence-corrected chi connectivity index (χ2v) is 6.33. The van der Waals surface area contributed by atoms with Gasteiger partial charge in [0.1, 0.15) is 31.1 Å². The van der Waals surface area contributed by atoms with Crippen LogP contribution < -0.4 is 0 Å². The zero-order chi connectivity index (χ0) is 13.4. The lowest BCUT2D eigenvalue weighted by molar-refractivity contribution is 0.377. The first kappa shape index (κ1) is 12.8. The van der Waals surface area contributed by atoms with Crippen molar-refractivity contribution in [3.8, 4) is 0 Å².